The van der Waals surface area contributed by atoms with Crippen LogP contribution in [-0.2, 0) is 5.54 Å². The largest absolute Gasteiger partial charge is 0.308 e. The summed E-state index contributed by atoms with van der Waals surface area (Å²) in [6.07, 6.45) is 2.56. The van der Waals surface area contributed by atoms with Crippen LogP contribution in [0, 0.1) is 6.92 Å². The first-order chi connectivity index (χ1) is 6.21. The topological polar surface area (TPSA) is 12.0 Å². The molecule has 70 valence electrons. The lowest BCUT2D eigenvalue weighted by molar-refractivity contribution is 0.435. The highest BCUT2D eigenvalue weighted by Crippen LogP contribution is 2.29. The van der Waals surface area contributed by atoms with Crippen LogP contribution in [-0.4, -0.2) is 6.54 Å². The quantitative estimate of drug-likeness (QED) is 0.691. The van der Waals surface area contributed by atoms with Crippen molar-refractivity contribution >= 4 is 0 Å². The van der Waals surface area contributed by atoms with Crippen molar-refractivity contribution in [3.05, 3.63) is 35.4 Å². The highest BCUT2D eigenvalue weighted by atomic mass is 15.0. The molecule has 13 heavy (non-hydrogen) atoms. The van der Waals surface area contributed by atoms with Gasteiger partial charge in [-0.05, 0) is 38.8 Å². The molecule has 0 amide bonds. The van der Waals surface area contributed by atoms with Crippen LogP contribution in [0.2, 0.25) is 0 Å². The van der Waals surface area contributed by atoms with Crippen LogP contribution in [0.1, 0.15) is 30.9 Å². The molecule has 1 aromatic rings. The van der Waals surface area contributed by atoms with Crippen LogP contribution >= 0.6 is 0 Å². The lowest BCUT2D eigenvalue weighted by Crippen LogP contribution is -2.32. The molecular weight excluding hydrogens is 158 g/mol. The lowest BCUT2D eigenvalue weighted by Gasteiger charge is -2.25. The average Bonchev–Trinajstić information content (AvgIpc) is 2.54. The number of hydrogen-bond acceptors (Lipinski definition) is 1. The minimum Gasteiger partial charge on any atom is -0.308 e. The van der Waals surface area contributed by atoms with Gasteiger partial charge in [-0.3, -0.25) is 0 Å². The van der Waals surface area contributed by atoms with Gasteiger partial charge in [-0.25, -0.2) is 0 Å². The first-order valence-corrected chi connectivity index (χ1v) is 5.03. The predicted molar refractivity (Wildman–Crippen MR) is 55.8 cm³/mol. The molecule has 0 bridgehead atoms. The molecule has 0 radical (unpaired) electrons. The standard InChI is InChI=1S/C12H17N/c1-10-4-6-11(7-5-10)12(2)8-3-9-13-12/h4-7,13H,3,8-9H2,1-2H3. The molecule has 1 aromatic carbocycles. The van der Waals surface area contributed by atoms with Crippen molar-refractivity contribution in [3.63, 3.8) is 0 Å². The molecule has 1 nitrogen and oxygen atoms in total. The van der Waals surface area contributed by atoms with E-state index in [-0.39, 0.29) is 5.54 Å². The van der Waals surface area contributed by atoms with Crippen LogP contribution < -0.4 is 5.32 Å². The second kappa shape index (κ2) is 3.15. The maximum Gasteiger partial charge on any atom is 0.0406 e. The molecule has 2 rings (SSSR count). The van der Waals surface area contributed by atoms with E-state index in [1.807, 2.05) is 0 Å². The Kier molecular flexibility index (Phi) is 2.12. The average molecular weight is 175 g/mol. The van der Waals surface area contributed by atoms with Gasteiger partial charge in [0.2, 0.25) is 0 Å². The molecule has 1 heteroatoms. The second-order valence-electron chi connectivity index (χ2n) is 4.23. The zero-order chi connectivity index (χ0) is 9.31. The maximum absolute atomic E-state index is 3.57. The van der Waals surface area contributed by atoms with E-state index >= 15 is 0 Å². The van der Waals surface area contributed by atoms with Gasteiger partial charge in [0.15, 0.2) is 0 Å². The van der Waals surface area contributed by atoms with Gasteiger partial charge < -0.3 is 5.32 Å². The number of hydrogen-bond donors (Lipinski definition) is 1. The first kappa shape index (κ1) is 8.76. The van der Waals surface area contributed by atoms with Gasteiger partial charge in [-0.2, -0.15) is 0 Å². The molecule has 0 spiro atoms. The number of benzene rings is 1. The Bertz CT molecular complexity index is 280. The zero-order valence-electron chi connectivity index (χ0n) is 8.43. The third kappa shape index (κ3) is 1.61. The summed E-state index contributed by atoms with van der Waals surface area (Å²) in [5.74, 6) is 0. The Balaban J connectivity index is 2.29. The van der Waals surface area contributed by atoms with Crippen LogP contribution in [0.3, 0.4) is 0 Å². The fourth-order valence-electron chi connectivity index (χ4n) is 2.06. The molecule has 1 unspecified atom stereocenters. The highest BCUT2D eigenvalue weighted by molar-refractivity contribution is 5.28. The van der Waals surface area contributed by atoms with Crippen molar-refractivity contribution in [2.75, 3.05) is 6.54 Å². The smallest absolute Gasteiger partial charge is 0.0406 e. The predicted octanol–water partition coefficient (Wildman–Crippen LogP) is 2.59. The highest BCUT2D eigenvalue weighted by Gasteiger charge is 2.29. The molecule has 0 aromatic heterocycles. The van der Waals surface area contributed by atoms with Crippen LogP contribution in [0.5, 0.6) is 0 Å². The molecule has 0 saturated carbocycles. The van der Waals surface area contributed by atoms with Gasteiger partial charge in [0.1, 0.15) is 0 Å². The van der Waals surface area contributed by atoms with Gasteiger partial charge in [-0.15, -0.1) is 0 Å². The van der Waals surface area contributed by atoms with Gasteiger partial charge in [0.25, 0.3) is 0 Å². The summed E-state index contributed by atoms with van der Waals surface area (Å²) in [6.45, 7) is 5.59. The molecule has 1 aliphatic rings. The van der Waals surface area contributed by atoms with E-state index in [1.165, 1.54) is 24.0 Å². The van der Waals surface area contributed by atoms with Crippen LogP contribution in [0.4, 0.5) is 0 Å². The Labute approximate surface area is 80.2 Å². The fourth-order valence-corrected chi connectivity index (χ4v) is 2.06. The zero-order valence-corrected chi connectivity index (χ0v) is 8.43. The number of nitrogens with one attached hydrogen (secondary N) is 1. The van der Waals surface area contributed by atoms with E-state index in [0.717, 1.165) is 6.54 Å². The summed E-state index contributed by atoms with van der Waals surface area (Å²) >= 11 is 0. The van der Waals surface area contributed by atoms with Crippen molar-refractivity contribution in [3.8, 4) is 0 Å². The van der Waals surface area contributed by atoms with E-state index in [2.05, 4.69) is 43.4 Å². The molecule has 1 aliphatic heterocycles. The number of rotatable bonds is 1. The maximum atomic E-state index is 3.57. The van der Waals surface area contributed by atoms with Crippen LogP contribution in [0.15, 0.2) is 24.3 Å². The van der Waals surface area contributed by atoms with Gasteiger partial charge in [0, 0.05) is 5.54 Å². The monoisotopic (exact) mass is 175 g/mol. The third-order valence-electron chi connectivity index (χ3n) is 3.06. The van der Waals surface area contributed by atoms with Crippen molar-refractivity contribution < 1.29 is 0 Å². The SMILES string of the molecule is Cc1ccc(C2(C)CCCN2)cc1. The summed E-state index contributed by atoms with van der Waals surface area (Å²) in [7, 11) is 0. The van der Waals surface area contributed by atoms with Gasteiger partial charge >= 0.3 is 0 Å². The first-order valence-electron chi connectivity index (χ1n) is 5.03. The van der Waals surface area contributed by atoms with E-state index in [4.69, 9.17) is 0 Å². The summed E-state index contributed by atoms with van der Waals surface area (Å²) < 4.78 is 0. The number of aryl methyl sites for hydroxylation is 1. The summed E-state index contributed by atoms with van der Waals surface area (Å²) in [4.78, 5) is 0. The lowest BCUT2D eigenvalue weighted by atomic mass is 9.90. The van der Waals surface area contributed by atoms with Crippen molar-refractivity contribution in [2.45, 2.75) is 32.2 Å². The normalized spacial score (nSPS) is 27.8. The molecular formula is C12H17N. The van der Waals surface area contributed by atoms with Crippen molar-refractivity contribution in [2.24, 2.45) is 0 Å². The molecule has 1 fully saturated rings. The van der Waals surface area contributed by atoms with Gasteiger partial charge in [-0.1, -0.05) is 29.8 Å². The van der Waals surface area contributed by atoms with E-state index in [0.29, 0.717) is 0 Å². The third-order valence-corrected chi connectivity index (χ3v) is 3.06. The van der Waals surface area contributed by atoms with Gasteiger partial charge in [0.05, 0.1) is 0 Å². The fraction of sp³-hybridized carbons (Fsp3) is 0.500. The minimum absolute atomic E-state index is 0.230. The van der Waals surface area contributed by atoms with Crippen LogP contribution in [0.25, 0.3) is 0 Å². The molecule has 1 N–H and O–H groups in total. The Morgan fingerprint density at radius 1 is 1.23 bits per heavy atom. The second-order valence-corrected chi connectivity index (χ2v) is 4.23. The van der Waals surface area contributed by atoms with E-state index in [1.54, 1.807) is 0 Å². The molecule has 1 heterocycles. The summed E-state index contributed by atoms with van der Waals surface area (Å²) in [6, 6.07) is 8.88. The van der Waals surface area contributed by atoms with E-state index in [9.17, 15) is 0 Å². The summed E-state index contributed by atoms with van der Waals surface area (Å²) in [5, 5.41) is 3.57. The molecule has 1 saturated heterocycles. The summed E-state index contributed by atoms with van der Waals surface area (Å²) in [5.41, 5.74) is 2.99. The minimum atomic E-state index is 0.230. The Morgan fingerprint density at radius 3 is 2.46 bits per heavy atom. The van der Waals surface area contributed by atoms with E-state index < -0.39 is 0 Å². The molecule has 1 atom stereocenters. The Morgan fingerprint density at radius 2 is 1.92 bits per heavy atom. The Hall–Kier alpha value is -0.820. The van der Waals surface area contributed by atoms with Crippen molar-refractivity contribution in [1.82, 2.24) is 5.32 Å². The molecule has 0 aliphatic carbocycles. The van der Waals surface area contributed by atoms with Crippen molar-refractivity contribution in [1.29, 1.82) is 0 Å².